The van der Waals surface area contributed by atoms with Crippen LogP contribution in [0.5, 0.6) is 0 Å². The van der Waals surface area contributed by atoms with Gasteiger partial charge in [0.05, 0.1) is 0 Å². The minimum absolute atomic E-state index is 0.397. The van der Waals surface area contributed by atoms with Gasteiger partial charge >= 0.3 is 0 Å². The fourth-order valence-corrected chi connectivity index (χ4v) is 2.46. The summed E-state index contributed by atoms with van der Waals surface area (Å²) in [6, 6.07) is 0. The fraction of sp³-hybridized carbons (Fsp3) is 1.00. The Morgan fingerprint density at radius 3 is 2.30 bits per heavy atom. The second-order valence-electron chi connectivity index (χ2n) is 3.89. The molecule has 0 aromatic heterocycles. The first-order valence-corrected chi connectivity index (χ1v) is 4.93. The maximum absolute atomic E-state index is 4.56. The molecule has 0 aliphatic heterocycles. The van der Waals surface area contributed by atoms with Crippen molar-refractivity contribution in [2.75, 3.05) is 0 Å². The molecule has 0 bridgehead atoms. The molecule has 2 heteroatoms. The van der Waals surface area contributed by atoms with E-state index in [0.29, 0.717) is 15.9 Å². The summed E-state index contributed by atoms with van der Waals surface area (Å²) in [7, 11) is 0. The van der Waals surface area contributed by atoms with Gasteiger partial charge in [0.1, 0.15) is 0 Å². The number of hydrogen-bond donors (Lipinski definition) is 2. The molecule has 1 fully saturated rings. The van der Waals surface area contributed by atoms with Crippen molar-refractivity contribution in [3.63, 3.8) is 0 Å². The van der Waals surface area contributed by atoms with Crippen molar-refractivity contribution in [3.8, 4) is 0 Å². The molecule has 0 heterocycles. The predicted molar refractivity (Wildman–Crippen MR) is 53.2 cm³/mol. The van der Waals surface area contributed by atoms with E-state index in [1.807, 2.05) is 0 Å². The lowest BCUT2D eigenvalue weighted by molar-refractivity contribution is 0.264. The second kappa shape index (κ2) is 2.98. The van der Waals surface area contributed by atoms with Crippen LogP contribution in [-0.2, 0) is 0 Å². The third kappa shape index (κ3) is 1.65. The third-order valence-electron chi connectivity index (χ3n) is 2.49. The van der Waals surface area contributed by atoms with Gasteiger partial charge in [0.15, 0.2) is 0 Å². The van der Waals surface area contributed by atoms with Crippen LogP contribution in [0, 0.1) is 5.41 Å². The Hall–Kier alpha value is 0.700. The molecule has 60 valence electrons. The molecule has 2 unspecified atom stereocenters. The van der Waals surface area contributed by atoms with Crippen LogP contribution in [0.3, 0.4) is 0 Å². The van der Waals surface area contributed by atoms with E-state index >= 15 is 0 Å². The first kappa shape index (κ1) is 8.79. The van der Waals surface area contributed by atoms with Gasteiger partial charge in [-0.2, -0.15) is 25.3 Å². The van der Waals surface area contributed by atoms with Crippen molar-refractivity contribution in [3.05, 3.63) is 0 Å². The standard InChI is InChI=1S/C8H16S2/c1-8(2)5-3-4-6(9)7(8)10/h6-7,9-10H,3-5H2,1-2H3. The number of thiol groups is 2. The maximum atomic E-state index is 4.56. The van der Waals surface area contributed by atoms with Crippen LogP contribution in [0.4, 0.5) is 0 Å². The molecule has 1 aliphatic rings. The van der Waals surface area contributed by atoms with Gasteiger partial charge in [0.25, 0.3) is 0 Å². The van der Waals surface area contributed by atoms with E-state index < -0.39 is 0 Å². The zero-order valence-corrected chi connectivity index (χ0v) is 8.46. The van der Waals surface area contributed by atoms with Crippen LogP contribution < -0.4 is 0 Å². The van der Waals surface area contributed by atoms with Gasteiger partial charge in [-0.15, -0.1) is 0 Å². The van der Waals surface area contributed by atoms with E-state index in [2.05, 4.69) is 39.1 Å². The molecule has 10 heavy (non-hydrogen) atoms. The second-order valence-corrected chi connectivity index (χ2v) is 5.11. The van der Waals surface area contributed by atoms with Gasteiger partial charge in [0, 0.05) is 10.5 Å². The fourth-order valence-electron chi connectivity index (χ4n) is 1.59. The zero-order valence-electron chi connectivity index (χ0n) is 6.67. The van der Waals surface area contributed by atoms with Crippen molar-refractivity contribution in [1.82, 2.24) is 0 Å². The van der Waals surface area contributed by atoms with Crippen molar-refractivity contribution >= 4 is 25.3 Å². The monoisotopic (exact) mass is 176 g/mol. The summed E-state index contributed by atoms with van der Waals surface area (Å²) >= 11 is 9.05. The largest absolute Gasteiger partial charge is 0.175 e. The molecular formula is C8H16S2. The van der Waals surface area contributed by atoms with Crippen LogP contribution in [0.15, 0.2) is 0 Å². The molecule has 1 aliphatic carbocycles. The van der Waals surface area contributed by atoms with Crippen molar-refractivity contribution in [2.45, 2.75) is 43.6 Å². The average molecular weight is 176 g/mol. The van der Waals surface area contributed by atoms with E-state index in [0.717, 1.165) is 0 Å². The van der Waals surface area contributed by atoms with Gasteiger partial charge in [-0.1, -0.05) is 20.3 Å². The predicted octanol–water partition coefficient (Wildman–Crippen LogP) is 2.79. The van der Waals surface area contributed by atoms with Crippen LogP contribution in [0.2, 0.25) is 0 Å². The van der Waals surface area contributed by atoms with E-state index in [9.17, 15) is 0 Å². The molecule has 0 radical (unpaired) electrons. The van der Waals surface area contributed by atoms with Gasteiger partial charge in [-0.3, -0.25) is 0 Å². The molecule has 1 rings (SSSR count). The average Bonchev–Trinajstić information content (AvgIpc) is 1.83. The first-order chi connectivity index (χ1) is 4.54. The molecular weight excluding hydrogens is 160 g/mol. The highest BCUT2D eigenvalue weighted by molar-refractivity contribution is 7.85. The van der Waals surface area contributed by atoms with Gasteiger partial charge in [-0.05, 0) is 18.3 Å². The SMILES string of the molecule is CC1(C)CCCC(S)C1S. The summed E-state index contributed by atoms with van der Waals surface area (Å²) in [6.45, 7) is 4.57. The summed E-state index contributed by atoms with van der Waals surface area (Å²) in [5, 5.41) is 0.983. The van der Waals surface area contributed by atoms with Gasteiger partial charge in [-0.25, -0.2) is 0 Å². The Bertz CT molecular complexity index is 120. The molecule has 0 nitrogen and oxygen atoms in total. The molecule has 0 N–H and O–H groups in total. The Balaban J connectivity index is 2.60. The van der Waals surface area contributed by atoms with E-state index in [1.54, 1.807) is 0 Å². The highest BCUT2D eigenvalue weighted by atomic mass is 32.1. The van der Waals surface area contributed by atoms with Crippen molar-refractivity contribution in [1.29, 1.82) is 0 Å². The highest BCUT2D eigenvalue weighted by Crippen LogP contribution is 2.40. The molecule has 0 spiro atoms. The molecule has 0 saturated heterocycles. The van der Waals surface area contributed by atoms with Crippen LogP contribution in [-0.4, -0.2) is 10.5 Å². The number of hydrogen-bond acceptors (Lipinski definition) is 2. The van der Waals surface area contributed by atoms with Crippen LogP contribution in [0.25, 0.3) is 0 Å². The minimum atomic E-state index is 0.397. The van der Waals surface area contributed by atoms with Crippen LogP contribution in [0.1, 0.15) is 33.1 Å². The number of rotatable bonds is 0. The van der Waals surface area contributed by atoms with E-state index in [1.165, 1.54) is 19.3 Å². The highest BCUT2D eigenvalue weighted by Gasteiger charge is 2.34. The quantitative estimate of drug-likeness (QED) is 0.521. The third-order valence-corrected chi connectivity index (χ3v) is 4.34. The first-order valence-electron chi connectivity index (χ1n) is 3.90. The van der Waals surface area contributed by atoms with Gasteiger partial charge < -0.3 is 0 Å². The zero-order chi connectivity index (χ0) is 7.78. The summed E-state index contributed by atoms with van der Waals surface area (Å²) in [5.74, 6) is 0. The normalized spacial score (nSPS) is 39.6. The van der Waals surface area contributed by atoms with Crippen molar-refractivity contribution < 1.29 is 0 Å². The summed E-state index contributed by atoms with van der Waals surface area (Å²) < 4.78 is 0. The Labute approximate surface area is 74.6 Å². The summed E-state index contributed by atoms with van der Waals surface area (Å²) in [4.78, 5) is 0. The lowest BCUT2D eigenvalue weighted by atomic mass is 9.77. The minimum Gasteiger partial charge on any atom is -0.175 e. The molecule has 0 aromatic carbocycles. The summed E-state index contributed by atoms with van der Waals surface area (Å²) in [6.07, 6.45) is 3.86. The molecule has 2 atom stereocenters. The van der Waals surface area contributed by atoms with Gasteiger partial charge in [0.2, 0.25) is 0 Å². The van der Waals surface area contributed by atoms with E-state index in [4.69, 9.17) is 0 Å². The molecule has 1 saturated carbocycles. The molecule has 0 amide bonds. The maximum Gasteiger partial charge on any atom is 0.0184 e. The summed E-state index contributed by atoms with van der Waals surface area (Å²) in [5.41, 5.74) is 0.397. The smallest absolute Gasteiger partial charge is 0.0184 e. The van der Waals surface area contributed by atoms with Crippen LogP contribution >= 0.6 is 25.3 Å². The van der Waals surface area contributed by atoms with Crippen molar-refractivity contribution in [2.24, 2.45) is 5.41 Å². The molecule has 0 aromatic rings. The van der Waals surface area contributed by atoms with E-state index in [-0.39, 0.29) is 0 Å². The lowest BCUT2D eigenvalue weighted by Crippen LogP contribution is -2.36. The lowest BCUT2D eigenvalue weighted by Gasteiger charge is -2.39. The topological polar surface area (TPSA) is 0 Å². The Morgan fingerprint density at radius 2 is 1.90 bits per heavy atom. The Kier molecular flexibility index (Phi) is 2.62. The Morgan fingerprint density at radius 1 is 1.30 bits per heavy atom.